The zero-order valence-corrected chi connectivity index (χ0v) is 16.6. The van der Waals surface area contributed by atoms with Gasteiger partial charge < -0.3 is 20.9 Å². The van der Waals surface area contributed by atoms with Gasteiger partial charge in [0.1, 0.15) is 5.82 Å². The van der Waals surface area contributed by atoms with Crippen LogP contribution in [0, 0.1) is 25.6 Å². The first-order valence-corrected chi connectivity index (χ1v) is 9.95. The lowest BCUT2D eigenvalue weighted by atomic mass is 9.94. The monoisotopic (exact) mass is 396 g/mol. The van der Waals surface area contributed by atoms with E-state index >= 15 is 0 Å². The van der Waals surface area contributed by atoms with E-state index in [9.17, 15) is 14.0 Å². The molecule has 0 atom stereocenters. The third-order valence-electron chi connectivity index (χ3n) is 5.73. The minimum absolute atomic E-state index is 0.00679. The van der Waals surface area contributed by atoms with Gasteiger partial charge in [-0.3, -0.25) is 9.59 Å². The molecule has 0 spiro atoms. The van der Waals surface area contributed by atoms with Crippen molar-refractivity contribution in [3.8, 4) is 0 Å². The Morgan fingerprint density at radius 1 is 1.28 bits per heavy atom. The molecule has 3 heterocycles. The van der Waals surface area contributed by atoms with E-state index in [0.717, 1.165) is 48.6 Å². The first-order chi connectivity index (χ1) is 13.9. The Hall–Kier alpha value is -2.93. The molecule has 152 valence electrons. The van der Waals surface area contributed by atoms with Crippen LogP contribution in [-0.2, 0) is 9.59 Å². The molecule has 0 bridgehead atoms. The number of halogens is 1. The molecule has 1 aromatic heterocycles. The minimum Gasteiger partial charge on any atom is -0.357 e. The van der Waals surface area contributed by atoms with Crippen LogP contribution >= 0.6 is 0 Å². The predicted octanol–water partition coefficient (Wildman–Crippen LogP) is 3.59. The first-order valence-electron chi connectivity index (χ1n) is 9.95. The van der Waals surface area contributed by atoms with Crippen molar-refractivity contribution in [1.82, 2.24) is 10.3 Å². The summed E-state index contributed by atoms with van der Waals surface area (Å²) in [6.07, 6.45) is 4.25. The number of anilines is 2. The highest BCUT2D eigenvalue weighted by atomic mass is 19.1. The summed E-state index contributed by atoms with van der Waals surface area (Å²) in [6.45, 7) is 5.71. The highest BCUT2D eigenvalue weighted by Gasteiger charge is 2.26. The summed E-state index contributed by atoms with van der Waals surface area (Å²) in [5, 5.41) is 9.09. The van der Waals surface area contributed by atoms with Gasteiger partial charge in [0.2, 0.25) is 5.91 Å². The molecule has 6 nitrogen and oxygen atoms in total. The molecule has 0 aliphatic carbocycles. The van der Waals surface area contributed by atoms with Gasteiger partial charge >= 0.3 is 0 Å². The van der Waals surface area contributed by atoms with Crippen LogP contribution in [0.1, 0.15) is 41.8 Å². The molecule has 4 N–H and O–H groups in total. The summed E-state index contributed by atoms with van der Waals surface area (Å²) in [7, 11) is 0. The maximum absolute atomic E-state index is 13.7. The van der Waals surface area contributed by atoms with Crippen LogP contribution in [0.4, 0.5) is 15.8 Å². The lowest BCUT2D eigenvalue weighted by molar-refractivity contribution is -0.117. The fourth-order valence-corrected chi connectivity index (χ4v) is 4.09. The van der Waals surface area contributed by atoms with E-state index in [1.54, 1.807) is 12.1 Å². The number of benzene rings is 1. The van der Waals surface area contributed by atoms with Crippen LogP contribution in [-0.4, -0.2) is 29.9 Å². The van der Waals surface area contributed by atoms with Gasteiger partial charge in [-0.25, -0.2) is 4.39 Å². The zero-order chi connectivity index (χ0) is 20.5. The standard InChI is InChI=1S/C22H25FN4O2/c1-12-19(11-17-16-10-15(23)3-4-18(16)26-22(17)29)25-13(2)21(12)27-20(28)9-14-5-7-24-8-6-14/h3-4,10-11,14,24-25H,5-9H2,1-2H3,(H,26,29)(H,27,28)/b17-11-. The number of aromatic nitrogens is 1. The highest BCUT2D eigenvalue weighted by molar-refractivity contribution is 6.34. The molecule has 0 saturated carbocycles. The quantitative estimate of drug-likeness (QED) is 0.596. The average Bonchev–Trinajstić information content (AvgIpc) is 3.13. The smallest absolute Gasteiger partial charge is 0.256 e. The Kier molecular flexibility index (Phi) is 5.24. The number of carbonyl (C=O) groups is 2. The zero-order valence-electron chi connectivity index (χ0n) is 16.6. The van der Waals surface area contributed by atoms with Crippen molar-refractivity contribution < 1.29 is 14.0 Å². The summed E-state index contributed by atoms with van der Waals surface area (Å²) in [5.41, 5.74) is 4.68. The number of hydrogen-bond donors (Lipinski definition) is 4. The van der Waals surface area contributed by atoms with E-state index in [-0.39, 0.29) is 11.8 Å². The fourth-order valence-electron chi connectivity index (χ4n) is 4.09. The number of aryl methyl sites for hydroxylation is 1. The van der Waals surface area contributed by atoms with Gasteiger partial charge in [0.25, 0.3) is 5.91 Å². The maximum atomic E-state index is 13.7. The Morgan fingerprint density at radius 3 is 2.79 bits per heavy atom. The number of aromatic amines is 1. The van der Waals surface area contributed by atoms with Gasteiger partial charge in [-0.15, -0.1) is 0 Å². The topological polar surface area (TPSA) is 86.0 Å². The predicted molar refractivity (Wildman–Crippen MR) is 112 cm³/mol. The molecule has 0 unspecified atom stereocenters. The number of amides is 2. The fraction of sp³-hybridized carbons (Fsp3) is 0.364. The molecule has 0 radical (unpaired) electrons. The second-order valence-corrected chi connectivity index (χ2v) is 7.81. The van der Waals surface area contributed by atoms with E-state index in [2.05, 4.69) is 20.9 Å². The summed E-state index contributed by atoms with van der Waals surface area (Å²) in [6, 6.07) is 4.23. The molecule has 1 aromatic carbocycles. The van der Waals surface area contributed by atoms with Crippen molar-refractivity contribution in [2.45, 2.75) is 33.1 Å². The summed E-state index contributed by atoms with van der Waals surface area (Å²) in [4.78, 5) is 28.1. The first kappa shape index (κ1) is 19.4. The Morgan fingerprint density at radius 2 is 2.03 bits per heavy atom. The third kappa shape index (κ3) is 3.96. The van der Waals surface area contributed by atoms with E-state index in [4.69, 9.17) is 0 Å². The van der Waals surface area contributed by atoms with Crippen LogP contribution in [0.3, 0.4) is 0 Å². The second kappa shape index (κ2) is 7.83. The maximum Gasteiger partial charge on any atom is 0.256 e. The summed E-state index contributed by atoms with van der Waals surface area (Å²) >= 11 is 0. The van der Waals surface area contributed by atoms with Crippen LogP contribution < -0.4 is 16.0 Å². The number of nitrogens with one attached hydrogen (secondary N) is 4. The molecule has 2 aliphatic heterocycles. The van der Waals surface area contributed by atoms with Crippen molar-refractivity contribution >= 4 is 34.8 Å². The normalized spacial score (nSPS) is 18.0. The molecule has 1 saturated heterocycles. The molecular weight excluding hydrogens is 371 g/mol. The number of hydrogen-bond acceptors (Lipinski definition) is 3. The van der Waals surface area contributed by atoms with Crippen molar-refractivity contribution in [2.75, 3.05) is 23.7 Å². The van der Waals surface area contributed by atoms with Crippen molar-refractivity contribution in [2.24, 2.45) is 5.92 Å². The number of carbonyl (C=O) groups excluding carboxylic acids is 2. The Balaban J connectivity index is 1.56. The van der Waals surface area contributed by atoms with E-state index in [1.807, 2.05) is 13.8 Å². The highest BCUT2D eigenvalue weighted by Crippen LogP contribution is 2.35. The van der Waals surface area contributed by atoms with Crippen LogP contribution in [0.15, 0.2) is 18.2 Å². The van der Waals surface area contributed by atoms with Crippen molar-refractivity contribution in [3.63, 3.8) is 0 Å². The molecule has 29 heavy (non-hydrogen) atoms. The largest absolute Gasteiger partial charge is 0.357 e. The van der Waals surface area contributed by atoms with Crippen LogP contribution in [0.2, 0.25) is 0 Å². The van der Waals surface area contributed by atoms with Gasteiger partial charge in [-0.05, 0) is 75.5 Å². The molecule has 2 aromatic rings. The number of piperidine rings is 1. The van der Waals surface area contributed by atoms with E-state index in [0.29, 0.717) is 29.2 Å². The Labute approximate surface area is 169 Å². The van der Waals surface area contributed by atoms with Crippen LogP contribution in [0.25, 0.3) is 11.6 Å². The van der Waals surface area contributed by atoms with Crippen molar-refractivity contribution in [3.05, 3.63) is 46.5 Å². The number of rotatable bonds is 4. The van der Waals surface area contributed by atoms with Crippen molar-refractivity contribution in [1.29, 1.82) is 0 Å². The number of fused-ring (bicyclic) bond motifs is 1. The molecular formula is C22H25FN4O2. The molecule has 2 aliphatic rings. The molecule has 1 fully saturated rings. The van der Waals surface area contributed by atoms with Gasteiger partial charge in [0, 0.05) is 29.1 Å². The molecule has 2 amide bonds. The molecule has 7 heteroatoms. The van der Waals surface area contributed by atoms with Gasteiger partial charge in [0.05, 0.1) is 11.3 Å². The molecule has 4 rings (SSSR count). The van der Waals surface area contributed by atoms with E-state index < -0.39 is 5.82 Å². The number of H-pyrrole nitrogens is 1. The van der Waals surface area contributed by atoms with E-state index in [1.165, 1.54) is 12.1 Å². The van der Waals surface area contributed by atoms with Crippen LogP contribution in [0.5, 0.6) is 0 Å². The summed E-state index contributed by atoms with van der Waals surface area (Å²) in [5.74, 6) is -0.247. The van der Waals surface area contributed by atoms with Gasteiger partial charge in [-0.1, -0.05) is 0 Å². The van der Waals surface area contributed by atoms with Gasteiger partial charge in [0.15, 0.2) is 0 Å². The average molecular weight is 396 g/mol. The lowest BCUT2D eigenvalue weighted by Crippen LogP contribution is -2.30. The SMILES string of the molecule is Cc1[nH]c(/C=C2\C(=O)Nc3ccc(F)cc32)c(C)c1NC(=O)CC1CCNCC1. The lowest BCUT2D eigenvalue weighted by Gasteiger charge is -2.22. The van der Waals surface area contributed by atoms with Gasteiger partial charge in [-0.2, -0.15) is 0 Å². The summed E-state index contributed by atoms with van der Waals surface area (Å²) < 4.78 is 13.7. The third-order valence-corrected chi connectivity index (χ3v) is 5.73. The second-order valence-electron chi connectivity index (χ2n) is 7.81. The Bertz CT molecular complexity index is 1000. The minimum atomic E-state index is -0.392.